The van der Waals surface area contributed by atoms with Crippen LogP contribution in [0.2, 0.25) is 0 Å². The molecule has 0 amide bonds. The molecule has 0 aromatic carbocycles. The van der Waals surface area contributed by atoms with E-state index in [1.165, 1.54) is 5.57 Å². The third-order valence-corrected chi connectivity index (χ3v) is 3.91. The second-order valence-corrected chi connectivity index (χ2v) is 5.40. The fourth-order valence-corrected chi connectivity index (χ4v) is 2.60. The topological polar surface area (TPSA) is 62.8 Å². The third-order valence-electron chi connectivity index (χ3n) is 3.91. The maximum absolute atomic E-state index is 9.22. The van der Waals surface area contributed by atoms with Crippen LogP contribution in [0.15, 0.2) is 45.9 Å². The Morgan fingerprint density at radius 2 is 2.23 bits per heavy atom. The van der Waals surface area contributed by atoms with Crippen LogP contribution in [-0.2, 0) is 11.3 Å². The van der Waals surface area contributed by atoms with Gasteiger partial charge in [-0.2, -0.15) is 0 Å². The molecule has 1 aromatic heterocycles. The smallest absolute Gasteiger partial charge is 0.130 e. The Kier molecular flexibility index (Phi) is 6.19. The number of furan rings is 1. The van der Waals surface area contributed by atoms with Crippen LogP contribution < -0.4 is 0 Å². The van der Waals surface area contributed by atoms with Crippen LogP contribution in [-0.4, -0.2) is 29.5 Å². The molecule has 4 nitrogen and oxygen atoms in total. The van der Waals surface area contributed by atoms with E-state index in [4.69, 9.17) is 14.3 Å². The average Bonchev–Trinajstić information content (AvgIpc) is 3.19. The summed E-state index contributed by atoms with van der Waals surface area (Å²) in [5.74, 6) is 1.34. The number of rotatable bonds is 8. The lowest BCUT2D eigenvalue weighted by molar-refractivity contribution is 0.115. The Hall–Kier alpha value is -1.62. The highest BCUT2D eigenvalue weighted by atomic mass is 16.5. The van der Waals surface area contributed by atoms with Crippen LogP contribution in [0.25, 0.3) is 6.08 Å². The van der Waals surface area contributed by atoms with E-state index in [2.05, 4.69) is 13.5 Å². The highest BCUT2D eigenvalue weighted by Crippen LogP contribution is 2.27. The van der Waals surface area contributed by atoms with E-state index in [0.717, 1.165) is 36.2 Å². The van der Waals surface area contributed by atoms with Crippen LogP contribution in [0.3, 0.4) is 0 Å². The van der Waals surface area contributed by atoms with Gasteiger partial charge < -0.3 is 19.4 Å². The average molecular weight is 304 g/mol. The quantitative estimate of drug-likeness (QED) is 0.774. The van der Waals surface area contributed by atoms with Crippen LogP contribution in [0.5, 0.6) is 0 Å². The lowest BCUT2D eigenvalue weighted by atomic mass is 9.96. The summed E-state index contributed by atoms with van der Waals surface area (Å²) in [6.45, 7) is 6.47. The Morgan fingerprint density at radius 1 is 1.41 bits per heavy atom. The zero-order chi connectivity index (χ0) is 15.9. The first kappa shape index (κ1) is 16.7. The summed E-state index contributed by atoms with van der Waals surface area (Å²) < 4.78 is 11.2. The van der Waals surface area contributed by atoms with Crippen molar-refractivity contribution >= 4 is 6.08 Å². The molecule has 0 aliphatic carbocycles. The zero-order valence-corrected chi connectivity index (χ0v) is 13.0. The summed E-state index contributed by atoms with van der Waals surface area (Å²) in [6, 6.07) is 3.65. The molecule has 1 aromatic rings. The minimum Gasteiger partial charge on any atom is -0.459 e. The summed E-state index contributed by atoms with van der Waals surface area (Å²) in [5.41, 5.74) is 3.03. The van der Waals surface area contributed by atoms with Crippen LogP contribution in [0.1, 0.15) is 37.7 Å². The van der Waals surface area contributed by atoms with E-state index >= 15 is 0 Å². The summed E-state index contributed by atoms with van der Waals surface area (Å²) in [4.78, 5) is 0. The molecule has 1 atom stereocenters. The Bertz CT molecular complexity index is 565. The molecule has 2 rings (SSSR count). The fraction of sp³-hybridized carbons (Fsp3) is 0.444. The molecule has 0 saturated carbocycles. The number of hydrogen-bond acceptors (Lipinski definition) is 4. The molecule has 0 spiro atoms. The predicted molar refractivity (Wildman–Crippen MR) is 86.2 cm³/mol. The first-order valence-corrected chi connectivity index (χ1v) is 7.67. The number of aliphatic hydroxyl groups excluding tert-OH is 2. The van der Waals surface area contributed by atoms with E-state index < -0.39 is 0 Å². The van der Waals surface area contributed by atoms with Crippen LogP contribution in [0.4, 0.5) is 0 Å². The third kappa shape index (κ3) is 4.19. The van der Waals surface area contributed by atoms with Gasteiger partial charge in [0.25, 0.3) is 0 Å². The molecule has 0 saturated heterocycles. The van der Waals surface area contributed by atoms with Gasteiger partial charge in [-0.15, -0.1) is 0 Å². The van der Waals surface area contributed by atoms with Crippen molar-refractivity contribution in [3.05, 3.63) is 53.0 Å². The molecule has 120 valence electrons. The van der Waals surface area contributed by atoms with Gasteiger partial charge in [-0.05, 0) is 48.6 Å². The van der Waals surface area contributed by atoms with E-state index in [0.29, 0.717) is 12.4 Å². The molecule has 2 N–H and O–H groups in total. The van der Waals surface area contributed by atoms with Crippen molar-refractivity contribution in [3.8, 4) is 0 Å². The van der Waals surface area contributed by atoms with Crippen LogP contribution >= 0.6 is 0 Å². The van der Waals surface area contributed by atoms with Gasteiger partial charge in [-0.3, -0.25) is 0 Å². The predicted octanol–water partition coefficient (Wildman–Crippen LogP) is 3.22. The van der Waals surface area contributed by atoms with Gasteiger partial charge in [-0.1, -0.05) is 25.2 Å². The minimum atomic E-state index is -0.0807. The molecule has 2 heterocycles. The lowest BCUT2D eigenvalue weighted by Gasteiger charge is -2.16. The maximum Gasteiger partial charge on any atom is 0.130 e. The molecule has 0 radical (unpaired) electrons. The van der Waals surface area contributed by atoms with E-state index in [1.54, 1.807) is 6.07 Å². The van der Waals surface area contributed by atoms with Crippen molar-refractivity contribution in [2.75, 3.05) is 13.2 Å². The van der Waals surface area contributed by atoms with E-state index in [1.807, 2.05) is 18.2 Å². The van der Waals surface area contributed by atoms with Gasteiger partial charge in [0, 0.05) is 0 Å². The molecule has 1 aliphatic rings. The zero-order valence-electron chi connectivity index (χ0n) is 13.0. The standard InChI is InChI=1S/C18H24O4/c1-3-14(10-15-5-6-16(12-20)22-15)4-7-18-17(8-9-21-18)13(2)11-19/h5-6,8,10,18-20H,2-4,7,9,11-12H2,1H3/b14-10+. The second-order valence-electron chi connectivity index (χ2n) is 5.40. The summed E-state index contributed by atoms with van der Waals surface area (Å²) in [7, 11) is 0. The van der Waals surface area contributed by atoms with Gasteiger partial charge in [0.1, 0.15) is 18.1 Å². The van der Waals surface area contributed by atoms with Gasteiger partial charge in [-0.25, -0.2) is 0 Å². The molecule has 1 aliphatic heterocycles. The molecule has 1 unspecified atom stereocenters. The largest absolute Gasteiger partial charge is 0.459 e. The van der Waals surface area contributed by atoms with Crippen molar-refractivity contribution in [2.24, 2.45) is 0 Å². The normalized spacial score (nSPS) is 18.6. The molecular formula is C18H24O4. The van der Waals surface area contributed by atoms with Crippen molar-refractivity contribution in [3.63, 3.8) is 0 Å². The number of hydrogen-bond donors (Lipinski definition) is 2. The van der Waals surface area contributed by atoms with Gasteiger partial charge in [0.2, 0.25) is 0 Å². The second kappa shape index (κ2) is 8.13. The monoisotopic (exact) mass is 304 g/mol. The van der Waals surface area contributed by atoms with E-state index in [9.17, 15) is 5.11 Å². The van der Waals surface area contributed by atoms with Gasteiger partial charge in [0.05, 0.1) is 19.3 Å². The summed E-state index contributed by atoms with van der Waals surface area (Å²) in [6.07, 6.45) is 6.72. The molecule has 0 fully saturated rings. The SMILES string of the molecule is C=C(CO)C1=CCOC1CC/C(=C/c1ccc(CO)o1)CC. The maximum atomic E-state index is 9.22. The van der Waals surface area contributed by atoms with Gasteiger partial charge in [0.15, 0.2) is 0 Å². The van der Waals surface area contributed by atoms with Gasteiger partial charge >= 0.3 is 0 Å². The van der Waals surface area contributed by atoms with Crippen LogP contribution in [0, 0.1) is 0 Å². The van der Waals surface area contributed by atoms with Crippen molar-refractivity contribution < 1.29 is 19.4 Å². The first-order valence-electron chi connectivity index (χ1n) is 7.67. The highest BCUT2D eigenvalue weighted by Gasteiger charge is 2.21. The number of allylic oxidation sites excluding steroid dienone is 1. The first-order chi connectivity index (χ1) is 10.7. The Morgan fingerprint density at radius 3 is 2.86 bits per heavy atom. The minimum absolute atomic E-state index is 0.0132. The van der Waals surface area contributed by atoms with Crippen molar-refractivity contribution in [2.45, 2.75) is 38.9 Å². The Balaban J connectivity index is 1.96. The lowest BCUT2D eigenvalue weighted by Crippen LogP contribution is -2.13. The molecule has 4 heteroatoms. The van der Waals surface area contributed by atoms with Crippen molar-refractivity contribution in [1.29, 1.82) is 0 Å². The molecule has 22 heavy (non-hydrogen) atoms. The number of aliphatic hydroxyl groups is 2. The van der Waals surface area contributed by atoms with E-state index in [-0.39, 0.29) is 19.3 Å². The highest BCUT2D eigenvalue weighted by molar-refractivity contribution is 5.47. The Labute approximate surface area is 131 Å². The molecular weight excluding hydrogens is 280 g/mol. The van der Waals surface area contributed by atoms with Crippen molar-refractivity contribution in [1.82, 2.24) is 0 Å². The summed E-state index contributed by atoms with van der Waals surface area (Å²) in [5, 5.41) is 18.2. The number of ether oxygens (including phenoxy) is 1. The fourth-order valence-electron chi connectivity index (χ4n) is 2.60. The molecule has 0 bridgehead atoms. The summed E-state index contributed by atoms with van der Waals surface area (Å²) >= 11 is 0.